The van der Waals surface area contributed by atoms with Crippen LogP contribution in [0.5, 0.6) is 0 Å². The van der Waals surface area contributed by atoms with Gasteiger partial charge in [0.05, 0.1) is 11.1 Å². The highest BCUT2D eigenvalue weighted by Gasteiger charge is 2.32. The summed E-state index contributed by atoms with van der Waals surface area (Å²) in [5, 5.41) is 1.70. The molecule has 3 nitrogen and oxygen atoms in total. The number of hydrogen-bond acceptors (Lipinski definition) is 4. The molecule has 0 saturated heterocycles. The molecule has 0 fully saturated rings. The number of unbranched alkanes of at least 4 members (excludes halogenated alkanes) is 1. The molecule has 30 heavy (non-hydrogen) atoms. The van der Waals surface area contributed by atoms with Crippen molar-refractivity contribution in [2.75, 3.05) is 5.75 Å². The highest BCUT2D eigenvalue weighted by molar-refractivity contribution is 7.99. The Kier molecular flexibility index (Phi) is 6.13. The van der Waals surface area contributed by atoms with Crippen molar-refractivity contribution in [1.82, 2.24) is 9.55 Å². The first-order chi connectivity index (χ1) is 14.3. The molecule has 0 radical (unpaired) electrons. The van der Waals surface area contributed by atoms with Gasteiger partial charge in [0, 0.05) is 10.6 Å². The number of aryl methyl sites for hydroxylation is 2. The van der Waals surface area contributed by atoms with E-state index in [1.165, 1.54) is 10.4 Å². The fraction of sp³-hybridized carbons (Fsp3) is 0.520. The van der Waals surface area contributed by atoms with Crippen LogP contribution < -0.4 is 5.56 Å². The zero-order valence-electron chi connectivity index (χ0n) is 18.7. The van der Waals surface area contributed by atoms with Crippen LogP contribution in [0.25, 0.3) is 15.9 Å². The third kappa shape index (κ3) is 4.11. The van der Waals surface area contributed by atoms with Gasteiger partial charge in [-0.15, -0.1) is 11.3 Å². The van der Waals surface area contributed by atoms with Gasteiger partial charge >= 0.3 is 0 Å². The van der Waals surface area contributed by atoms with Crippen molar-refractivity contribution in [3.05, 3.63) is 50.6 Å². The molecule has 0 amide bonds. The molecule has 2 heterocycles. The van der Waals surface area contributed by atoms with E-state index in [-0.39, 0.29) is 5.56 Å². The zero-order valence-corrected chi connectivity index (χ0v) is 20.4. The van der Waals surface area contributed by atoms with Gasteiger partial charge in [0.1, 0.15) is 4.83 Å². The minimum absolute atomic E-state index is 0.108. The molecule has 5 heteroatoms. The van der Waals surface area contributed by atoms with Crippen molar-refractivity contribution in [2.45, 2.75) is 71.9 Å². The first-order valence-corrected chi connectivity index (χ1v) is 12.9. The number of thiophene rings is 1. The highest BCUT2D eigenvalue weighted by Crippen LogP contribution is 2.42. The number of aromatic nitrogens is 2. The molecule has 2 aromatic heterocycles. The quantitative estimate of drug-likeness (QED) is 0.249. The van der Waals surface area contributed by atoms with Crippen LogP contribution in [0.4, 0.5) is 0 Å². The molecular weight excluding hydrogens is 408 g/mol. The van der Waals surface area contributed by atoms with E-state index in [0.717, 1.165) is 64.5 Å². The molecule has 160 valence electrons. The Hall–Kier alpha value is -1.59. The molecule has 0 N–H and O–H groups in total. The van der Waals surface area contributed by atoms with Crippen LogP contribution in [0.3, 0.4) is 0 Å². The number of benzene rings is 1. The fourth-order valence-electron chi connectivity index (χ4n) is 4.34. The highest BCUT2D eigenvalue weighted by atomic mass is 32.2. The Morgan fingerprint density at radius 2 is 2.10 bits per heavy atom. The van der Waals surface area contributed by atoms with E-state index in [2.05, 4.69) is 46.8 Å². The summed E-state index contributed by atoms with van der Waals surface area (Å²) >= 11 is 3.47. The first kappa shape index (κ1) is 21.6. The Morgan fingerprint density at radius 3 is 2.80 bits per heavy atom. The van der Waals surface area contributed by atoms with E-state index in [9.17, 15) is 4.79 Å². The van der Waals surface area contributed by atoms with E-state index in [0.29, 0.717) is 11.3 Å². The molecule has 1 aliphatic carbocycles. The number of rotatable bonds is 5. The summed E-state index contributed by atoms with van der Waals surface area (Å²) in [6.07, 6.45) is 5.48. The van der Waals surface area contributed by atoms with Gasteiger partial charge in [-0.25, -0.2) is 4.98 Å². The summed E-state index contributed by atoms with van der Waals surface area (Å²) < 4.78 is 1.86. The van der Waals surface area contributed by atoms with Gasteiger partial charge in [0.25, 0.3) is 5.56 Å². The van der Waals surface area contributed by atoms with Crippen LogP contribution in [0.2, 0.25) is 0 Å². The lowest BCUT2D eigenvalue weighted by Crippen LogP contribution is -2.27. The second-order valence-electron chi connectivity index (χ2n) is 9.57. The topological polar surface area (TPSA) is 34.9 Å². The lowest BCUT2D eigenvalue weighted by molar-refractivity contribution is 0.218. The van der Waals surface area contributed by atoms with E-state index >= 15 is 0 Å². The van der Waals surface area contributed by atoms with Crippen molar-refractivity contribution in [1.29, 1.82) is 0 Å². The Labute approximate surface area is 187 Å². The van der Waals surface area contributed by atoms with Gasteiger partial charge in [-0.05, 0) is 67.2 Å². The molecule has 3 aromatic rings. The summed E-state index contributed by atoms with van der Waals surface area (Å²) in [5.74, 6) is 1.65. The summed E-state index contributed by atoms with van der Waals surface area (Å²) in [7, 11) is 0. The van der Waals surface area contributed by atoms with E-state index in [1.807, 2.05) is 16.7 Å². The van der Waals surface area contributed by atoms with Crippen LogP contribution in [-0.2, 0) is 12.8 Å². The molecule has 1 aliphatic rings. The van der Waals surface area contributed by atoms with Crippen LogP contribution >= 0.6 is 23.1 Å². The van der Waals surface area contributed by atoms with Gasteiger partial charge in [-0.2, -0.15) is 0 Å². The van der Waals surface area contributed by atoms with Crippen LogP contribution in [0, 0.1) is 18.3 Å². The standard InChI is InChI=1S/C25H32N2OS2/c1-6-7-13-29-24-26-22-21(23(28)27(24)18-10-8-9-16(2)14-18)19-12-11-17(25(3,4)5)15-20(19)30-22/h8-10,14,17H,6-7,11-13,15H2,1-5H3/t17-/m1/s1. The first-order valence-electron chi connectivity index (χ1n) is 11.1. The maximum atomic E-state index is 13.8. The van der Waals surface area contributed by atoms with Gasteiger partial charge in [-0.3, -0.25) is 9.36 Å². The second-order valence-corrected chi connectivity index (χ2v) is 11.7. The van der Waals surface area contributed by atoms with Crippen molar-refractivity contribution in [3.63, 3.8) is 0 Å². The molecule has 0 aliphatic heterocycles. The van der Waals surface area contributed by atoms with E-state index in [1.54, 1.807) is 23.1 Å². The van der Waals surface area contributed by atoms with Crippen LogP contribution in [0.15, 0.2) is 34.2 Å². The predicted octanol–water partition coefficient (Wildman–Crippen LogP) is 6.80. The van der Waals surface area contributed by atoms with E-state index in [4.69, 9.17) is 4.98 Å². The van der Waals surface area contributed by atoms with Crippen molar-refractivity contribution < 1.29 is 0 Å². The maximum absolute atomic E-state index is 13.8. The average Bonchev–Trinajstić information content (AvgIpc) is 3.05. The molecule has 1 atom stereocenters. The normalized spacial score (nSPS) is 16.8. The Bertz CT molecular complexity index is 1120. The predicted molar refractivity (Wildman–Crippen MR) is 131 cm³/mol. The second kappa shape index (κ2) is 8.51. The molecule has 4 rings (SSSR count). The van der Waals surface area contributed by atoms with Crippen LogP contribution in [0.1, 0.15) is 63.0 Å². The lowest BCUT2D eigenvalue weighted by Gasteiger charge is -2.33. The Balaban J connectivity index is 1.88. The number of hydrogen-bond donors (Lipinski definition) is 0. The largest absolute Gasteiger partial charge is 0.268 e. The summed E-state index contributed by atoms with van der Waals surface area (Å²) in [5.41, 5.74) is 3.75. The zero-order chi connectivity index (χ0) is 21.5. The van der Waals surface area contributed by atoms with Crippen LogP contribution in [-0.4, -0.2) is 15.3 Å². The molecule has 0 saturated carbocycles. The fourth-order valence-corrected chi connectivity index (χ4v) is 6.78. The van der Waals surface area contributed by atoms with Gasteiger partial charge in [0.15, 0.2) is 5.16 Å². The average molecular weight is 441 g/mol. The molecule has 1 aromatic carbocycles. The Morgan fingerprint density at radius 1 is 1.30 bits per heavy atom. The SMILES string of the molecule is CCCCSc1nc2sc3c(c2c(=O)n1-c1cccc(C)c1)CC[C@@H](C(C)(C)C)C3. The number of nitrogens with zero attached hydrogens (tertiary/aromatic N) is 2. The van der Waals surface area contributed by atoms with Crippen molar-refractivity contribution in [3.8, 4) is 5.69 Å². The van der Waals surface area contributed by atoms with E-state index < -0.39 is 0 Å². The third-order valence-electron chi connectivity index (χ3n) is 6.27. The number of thioether (sulfide) groups is 1. The minimum atomic E-state index is 0.108. The number of fused-ring (bicyclic) bond motifs is 3. The molecule has 0 spiro atoms. The third-order valence-corrected chi connectivity index (χ3v) is 8.44. The summed E-state index contributed by atoms with van der Waals surface area (Å²) in [4.78, 5) is 21.2. The lowest BCUT2D eigenvalue weighted by atomic mass is 9.72. The van der Waals surface area contributed by atoms with Crippen molar-refractivity contribution >= 4 is 33.3 Å². The van der Waals surface area contributed by atoms with Gasteiger partial charge < -0.3 is 0 Å². The molecule has 0 unspecified atom stereocenters. The summed E-state index contributed by atoms with van der Waals surface area (Å²) in [6.45, 7) is 11.3. The molecule has 0 bridgehead atoms. The van der Waals surface area contributed by atoms with Crippen molar-refractivity contribution in [2.24, 2.45) is 11.3 Å². The smallest absolute Gasteiger partial charge is 0.267 e. The minimum Gasteiger partial charge on any atom is -0.268 e. The summed E-state index contributed by atoms with van der Waals surface area (Å²) in [6, 6.07) is 8.22. The van der Waals surface area contributed by atoms with Gasteiger partial charge in [0.2, 0.25) is 0 Å². The maximum Gasteiger partial charge on any atom is 0.267 e. The van der Waals surface area contributed by atoms with Gasteiger partial charge in [-0.1, -0.05) is 58.0 Å². The monoisotopic (exact) mass is 440 g/mol. The molecular formula is C25H32N2OS2.